The highest BCUT2D eigenvalue weighted by Crippen LogP contribution is 2.38. The second kappa shape index (κ2) is 5.31. The molecule has 1 aliphatic rings. The molecule has 2 rings (SSSR count). The van der Waals surface area contributed by atoms with Crippen molar-refractivity contribution in [2.24, 2.45) is 0 Å². The lowest BCUT2D eigenvalue weighted by molar-refractivity contribution is -0.154. The molecule has 0 bridgehead atoms. The predicted molar refractivity (Wildman–Crippen MR) is 72.5 cm³/mol. The van der Waals surface area contributed by atoms with Gasteiger partial charge in [-0.2, -0.15) is 0 Å². The van der Waals surface area contributed by atoms with Crippen molar-refractivity contribution < 1.29 is 14.3 Å². The summed E-state index contributed by atoms with van der Waals surface area (Å²) in [7, 11) is 1.42. The number of carbonyl (C=O) groups excluding carboxylic acids is 1. The molecular formula is C15H21NO3. The third kappa shape index (κ3) is 2.65. The van der Waals surface area contributed by atoms with Crippen LogP contribution in [0, 0.1) is 0 Å². The molecule has 4 nitrogen and oxygen atoms in total. The lowest BCUT2D eigenvalue weighted by atomic mass is 10.0. The first-order valence-corrected chi connectivity index (χ1v) is 6.52. The Labute approximate surface area is 114 Å². The number of rotatable bonds is 3. The molecule has 0 aliphatic carbocycles. The van der Waals surface area contributed by atoms with Gasteiger partial charge in [0.25, 0.3) is 0 Å². The Kier molecular flexibility index (Phi) is 3.92. The molecule has 0 unspecified atom stereocenters. The van der Waals surface area contributed by atoms with E-state index in [9.17, 15) is 4.79 Å². The van der Waals surface area contributed by atoms with Gasteiger partial charge < -0.3 is 9.47 Å². The number of hydrogen-bond acceptors (Lipinski definition) is 4. The quantitative estimate of drug-likeness (QED) is 0.785. The van der Waals surface area contributed by atoms with Crippen LogP contribution in [0.15, 0.2) is 30.3 Å². The van der Waals surface area contributed by atoms with Gasteiger partial charge in [-0.05, 0) is 26.3 Å². The third-order valence-electron chi connectivity index (χ3n) is 3.70. The minimum atomic E-state index is -0.478. The fourth-order valence-electron chi connectivity index (χ4n) is 2.77. The number of benzene rings is 1. The lowest BCUT2D eigenvalue weighted by Crippen LogP contribution is -2.49. The Morgan fingerprint density at radius 2 is 2.05 bits per heavy atom. The van der Waals surface area contributed by atoms with Crippen molar-refractivity contribution in [2.75, 3.05) is 13.7 Å². The number of hydrogen-bond donors (Lipinski definition) is 0. The molecule has 1 fully saturated rings. The number of esters is 1. The van der Waals surface area contributed by atoms with Crippen LogP contribution in [0.1, 0.15) is 32.4 Å². The predicted octanol–water partition coefficient (Wildman–Crippen LogP) is 2.36. The van der Waals surface area contributed by atoms with Crippen molar-refractivity contribution in [2.45, 2.75) is 38.6 Å². The number of ether oxygens (including phenoxy) is 2. The van der Waals surface area contributed by atoms with Crippen molar-refractivity contribution in [1.82, 2.24) is 4.90 Å². The van der Waals surface area contributed by atoms with E-state index in [-0.39, 0.29) is 18.1 Å². The van der Waals surface area contributed by atoms with Crippen molar-refractivity contribution in [3.63, 3.8) is 0 Å². The van der Waals surface area contributed by atoms with Gasteiger partial charge in [0.15, 0.2) is 0 Å². The largest absolute Gasteiger partial charge is 0.468 e. The summed E-state index contributed by atoms with van der Waals surface area (Å²) in [4.78, 5) is 13.9. The van der Waals surface area contributed by atoms with Crippen LogP contribution in [0.4, 0.5) is 0 Å². The number of carbonyl (C=O) groups is 1. The molecule has 2 atom stereocenters. The SMILES string of the molecule is COC(=O)[C@@H](C)N1[C@@H](c2ccccc2)COC1(C)C. The molecule has 1 saturated heterocycles. The van der Waals surface area contributed by atoms with E-state index >= 15 is 0 Å². The van der Waals surface area contributed by atoms with E-state index in [1.54, 1.807) is 0 Å². The fraction of sp³-hybridized carbons (Fsp3) is 0.533. The summed E-state index contributed by atoms with van der Waals surface area (Å²) < 4.78 is 10.7. The average Bonchev–Trinajstić information content (AvgIpc) is 2.73. The first-order valence-electron chi connectivity index (χ1n) is 6.52. The van der Waals surface area contributed by atoms with Gasteiger partial charge in [-0.1, -0.05) is 30.3 Å². The summed E-state index contributed by atoms with van der Waals surface area (Å²) in [5.41, 5.74) is 0.678. The van der Waals surface area contributed by atoms with Gasteiger partial charge in [-0.25, -0.2) is 0 Å². The Bertz CT molecular complexity index is 444. The molecule has 0 N–H and O–H groups in total. The van der Waals surface area contributed by atoms with Crippen LogP contribution in [0.2, 0.25) is 0 Å². The molecular weight excluding hydrogens is 242 g/mol. The Morgan fingerprint density at radius 3 is 2.63 bits per heavy atom. The standard InChI is InChI=1S/C15H21NO3/c1-11(14(17)18-4)16-13(10-19-15(16,2)3)12-8-6-5-7-9-12/h5-9,11,13H,10H2,1-4H3/t11-,13-/m1/s1. The van der Waals surface area contributed by atoms with Gasteiger partial charge in [-0.3, -0.25) is 9.69 Å². The van der Waals surface area contributed by atoms with Gasteiger partial charge in [0.1, 0.15) is 11.8 Å². The molecule has 0 saturated carbocycles. The van der Waals surface area contributed by atoms with E-state index in [1.807, 2.05) is 39.0 Å². The Morgan fingerprint density at radius 1 is 1.42 bits per heavy atom. The Balaban J connectivity index is 2.31. The molecule has 4 heteroatoms. The second-order valence-corrected chi connectivity index (χ2v) is 5.29. The van der Waals surface area contributed by atoms with E-state index in [1.165, 1.54) is 7.11 Å². The highest BCUT2D eigenvalue weighted by Gasteiger charge is 2.46. The van der Waals surface area contributed by atoms with Crippen LogP contribution in [0.25, 0.3) is 0 Å². The molecule has 1 aromatic carbocycles. The van der Waals surface area contributed by atoms with Gasteiger partial charge in [0, 0.05) is 0 Å². The zero-order chi connectivity index (χ0) is 14.0. The van der Waals surface area contributed by atoms with E-state index in [0.717, 1.165) is 5.56 Å². The molecule has 0 amide bonds. The smallest absolute Gasteiger partial charge is 0.322 e. The number of nitrogens with zero attached hydrogens (tertiary/aromatic N) is 1. The molecule has 0 aromatic heterocycles. The van der Waals surface area contributed by atoms with Crippen LogP contribution in [0.3, 0.4) is 0 Å². The summed E-state index contributed by atoms with van der Waals surface area (Å²) >= 11 is 0. The van der Waals surface area contributed by atoms with Gasteiger partial charge in [0.2, 0.25) is 0 Å². The fourth-order valence-corrected chi connectivity index (χ4v) is 2.77. The van der Waals surface area contributed by atoms with Gasteiger partial charge >= 0.3 is 5.97 Å². The molecule has 104 valence electrons. The molecule has 1 aliphatic heterocycles. The molecule has 1 aromatic rings. The monoisotopic (exact) mass is 263 g/mol. The zero-order valence-electron chi connectivity index (χ0n) is 11.9. The number of methoxy groups -OCH3 is 1. The van der Waals surface area contributed by atoms with E-state index in [2.05, 4.69) is 17.0 Å². The van der Waals surface area contributed by atoms with Gasteiger partial charge in [0.05, 0.1) is 19.8 Å². The maximum Gasteiger partial charge on any atom is 0.322 e. The van der Waals surface area contributed by atoms with Crippen molar-refractivity contribution in [1.29, 1.82) is 0 Å². The summed E-state index contributed by atoms with van der Waals surface area (Å²) in [5.74, 6) is -0.237. The highest BCUT2D eigenvalue weighted by atomic mass is 16.5. The third-order valence-corrected chi connectivity index (χ3v) is 3.70. The highest BCUT2D eigenvalue weighted by molar-refractivity contribution is 5.75. The van der Waals surface area contributed by atoms with Crippen molar-refractivity contribution >= 4 is 5.97 Å². The topological polar surface area (TPSA) is 38.8 Å². The second-order valence-electron chi connectivity index (χ2n) is 5.29. The van der Waals surface area contributed by atoms with Crippen LogP contribution in [-0.4, -0.2) is 36.4 Å². The van der Waals surface area contributed by atoms with Crippen molar-refractivity contribution in [3.05, 3.63) is 35.9 Å². The average molecular weight is 263 g/mol. The van der Waals surface area contributed by atoms with Crippen molar-refractivity contribution in [3.8, 4) is 0 Å². The first kappa shape index (κ1) is 14.0. The summed E-state index contributed by atoms with van der Waals surface area (Å²) in [6.45, 7) is 6.40. The van der Waals surface area contributed by atoms with Crippen LogP contribution in [-0.2, 0) is 14.3 Å². The Hall–Kier alpha value is -1.39. The van der Waals surface area contributed by atoms with Crippen LogP contribution in [0.5, 0.6) is 0 Å². The minimum Gasteiger partial charge on any atom is -0.468 e. The zero-order valence-corrected chi connectivity index (χ0v) is 11.9. The molecule has 0 spiro atoms. The summed E-state index contributed by atoms with van der Waals surface area (Å²) in [5, 5.41) is 0. The van der Waals surface area contributed by atoms with Crippen LogP contribution >= 0.6 is 0 Å². The van der Waals surface area contributed by atoms with E-state index in [0.29, 0.717) is 6.61 Å². The summed E-state index contributed by atoms with van der Waals surface area (Å²) in [6.07, 6.45) is 0. The first-order chi connectivity index (χ1) is 8.97. The normalized spacial score (nSPS) is 24.1. The summed E-state index contributed by atoms with van der Waals surface area (Å²) in [6, 6.07) is 9.85. The maximum absolute atomic E-state index is 11.8. The lowest BCUT2D eigenvalue weighted by Gasteiger charge is -2.37. The van der Waals surface area contributed by atoms with E-state index in [4.69, 9.17) is 9.47 Å². The molecule has 1 heterocycles. The van der Waals surface area contributed by atoms with Gasteiger partial charge in [-0.15, -0.1) is 0 Å². The molecule has 0 radical (unpaired) electrons. The minimum absolute atomic E-state index is 0.0744. The maximum atomic E-state index is 11.8. The van der Waals surface area contributed by atoms with E-state index < -0.39 is 5.72 Å². The van der Waals surface area contributed by atoms with Crippen LogP contribution < -0.4 is 0 Å². The molecule has 19 heavy (non-hydrogen) atoms.